The average Bonchev–Trinajstić information content (AvgIpc) is 2.61. The molecule has 0 unspecified atom stereocenters. The molecular formula is C19H22Cl2N2O4S. The molecule has 0 bridgehead atoms. The molecule has 152 valence electrons. The highest BCUT2D eigenvalue weighted by Crippen LogP contribution is 2.31. The fourth-order valence-corrected chi connectivity index (χ4v) is 4.31. The number of methoxy groups -OCH3 is 1. The third kappa shape index (κ3) is 5.10. The third-order valence-corrected chi connectivity index (χ3v) is 6.02. The molecule has 28 heavy (non-hydrogen) atoms. The van der Waals surface area contributed by atoms with Gasteiger partial charge in [0.25, 0.3) is 0 Å². The van der Waals surface area contributed by atoms with Crippen molar-refractivity contribution < 1.29 is 17.9 Å². The van der Waals surface area contributed by atoms with Crippen LogP contribution in [0, 0.1) is 6.92 Å². The predicted octanol–water partition coefficient (Wildman–Crippen LogP) is 4.49. The molecule has 0 spiro atoms. The van der Waals surface area contributed by atoms with Crippen LogP contribution in [-0.2, 0) is 14.8 Å². The Balaban J connectivity index is 2.45. The molecule has 0 radical (unpaired) electrons. The zero-order valence-corrected chi connectivity index (χ0v) is 18.3. The quantitative estimate of drug-likeness (QED) is 0.681. The van der Waals surface area contributed by atoms with Gasteiger partial charge in [-0.15, -0.1) is 0 Å². The number of anilines is 2. The first-order chi connectivity index (χ1) is 13.1. The summed E-state index contributed by atoms with van der Waals surface area (Å²) in [6.07, 6.45) is 1.28. The highest BCUT2D eigenvalue weighted by molar-refractivity contribution is 7.92. The Bertz CT molecular complexity index is 980. The van der Waals surface area contributed by atoms with Crippen molar-refractivity contribution in [3.05, 3.63) is 52.0 Å². The van der Waals surface area contributed by atoms with Gasteiger partial charge in [0.1, 0.15) is 11.8 Å². The van der Waals surface area contributed by atoms with Crippen LogP contribution in [0.3, 0.4) is 0 Å². The van der Waals surface area contributed by atoms with Gasteiger partial charge >= 0.3 is 0 Å². The Morgan fingerprint density at radius 3 is 2.39 bits per heavy atom. The number of hydrogen-bond acceptors (Lipinski definition) is 4. The first-order valence-corrected chi connectivity index (χ1v) is 11.1. The summed E-state index contributed by atoms with van der Waals surface area (Å²) in [4.78, 5) is 13.0. The first kappa shape index (κ1) is 22.3. The second-order valence-corrected chi connectivity index (χ2v) is 8.95. The molecule has 0 aliphatic rings. The van der Waals surface area contributed by atoms with Crippen LogP contribution in [0.5, 0.6) is 5.75 Å². The molecule has 1 N–H and O–H groups in total. The lowest BCUT2D eigenvalue weighted by Crippen LogP contribution is -2.47. The second kappa shape index (κ2) is 9.03. The summed E-state index contributed by atoms with van der Waals surface area (Å²) in [5, 5.41) is 3.26. The Morgan fingerprint density at radius 1 is 1.18 bits per heavy atom. The summed E-state index contributed by atoms with van der Waals surface area (Å²) in [6, 6.07) is 8.78. The van der Waals surface area contributed by atoms with Gasteiger partial charge in [0.05, 0.1) is 34.8 Å². The zero-order chi connectivity index (χ0) is 21.1. The van der Waals surface area contributed by atoms with E-state index < -0.39 is 22.0 Å². The van der Waals surface area contributed by atoms with Crippen LogP contribution in [-0.4, -0.2) is 33.7 Å². The van der Waals surface area contributed by atoms with Crippen molar-refractivity contribution in [3.63, 3.8) is 0 Å². The smallest absolute Gasteiger partial charge is 0.248 e. The van der Waals surface area contributed by atoms with Crippen molar-refractivity contribution in [1.29, 1.82) is 0 Å². The number of carbonyl (C=O) groups is 1. The van der Waals surface area contributed by atoms with Crippen LogP contribution in [0.1, 0.15) is 18.9 Å². The maximum atomic E-state index is 13.0. The molecule has 2 aromatic carbocycles. The minimum Gasteiger partial charge on any atom is -0.495 e. The normalized spacial score (nSPS) is 12.4. The Hall–Kier alpha value is -1.96. The van der Waals surface area contributed by atoms with Gasteiger partial charge in [-0.3, -0.25) is 9.10 Å². The molecule has 1 atom stereocenters. The lowest BCUT2D eigenvalue weighted by Gasteiger charge is -2.30. The largest absolute Gasteiger partial charge is 0.495 e. The average molecular weight is 445 g/mol. The molecule has 6 nitrogen and oxygen atoms in total. The van der Waals surface area contributed by atoms with Gasteiger partial charge in [0.2, 0.25) is 15.9 Å². The van der Waals surface area contributed by atoms with E-state index >= 15 is 0 Å². The molecule has 0 heterocycles. The summed E-state index contributed by atoms with van der Waals surface area (Å²) >= 11 is 12.0. The number of aryl methyl sites for hydroxylation is 1. The molecule has 2 aromatic rings. The van der Waals surface area contributed by atoms with Crippen LogP contribution in [0.4, 0.5) is 11.4 Å². The monoisotopic (exact) mass is 444 g/mol. The Labute approximate surface area is 175 Å². The van der Waals surface area contributed by atoms with E-state index in [1.54, 1.807) is 19.1 Å². The first-order valence-electron chi connectivity index (χ1n) is 8.48. The van der Waals surface area contributed by atoms with Gasteiger partial charge in [-0.25, -0.2) is 8.42 Å². The molecule has 0 aromatic heterocycles. The molecule has 0 aliphatic heterocycles. The minimum absolute atomic E-state index is 0.198. The van der Waals surface area contributed by atoms with E-state index in [1.807, 2.05) is 13.0 Å². The van der Waals surface area contributed by atoms with E-state index in [0.717, 1.165) is 16.1 Å². The van der Waals surface area contributed by atoms with Gasteiger partial charge < -0.3 is 10.1 Å². The molecule has 0 fully saturated rings. The van der Waals surface area contributed by atoms with E-state index in [-0.39, 0.29) is 17.1 Å². The van der Waals surface area contributed by atoms with Crippen molar-refractivity contribution >= 4 is 50.5 Å². The molecule has 0 saturated heterocycles. The summed E-state index contributed by atoms with van der Waals surface area (Å²) in [5.74, 6) is -0.00264. The standard InChI is InChI=1S/C19H22Cl2N2O4S/c1-5-17(19(24)22-16-10-12(2)6-9-18(16)27-3)23(28(4,25)26)13-7-8-14(20)15(21)11-13/h6-11,17H,5H2,1-4H3,(H,22,24)/t17-/m0/s1. The number of sulfonamides is 1. The molecule has 2 rings (SSSR count). The molecule has 0 saturated carbocycles. The number of rotatable bonds is 7. The van der Waals surface area contributed by atoms with Gasteiger partial charge in [-0.2, -0.15) is 0 Å². The van der Waals surface area contributed by atoms with Gasteiger partial charge in [0, 0.05) is 0 Å². The lowest BCUT2D eigenvalue weighted by atomic mass is 10.1. The van der Waals surface area contributed by atoms with Crippen molar-refractivity contribution in [3.8, 4) is 5.75 Å². The van der Waals surface area contributed by atoms with Crippen molar-refractivity contribution in [2.24, 2.45) is 0 Å². The zero-order valence-electron chi connectivity index (χ0n) is 16.0. The number of benzene rings is 2. The van der Waals surface area contributed by atoms with E-state index in [9.17, 15) is 13.2 Å². The summed E-state index contributed by atoms with van der Waals surface area (Å²) in [7, 11) is -2.28. The van der Waals surface area contributed by atoms with Crippen LogP contribution in [0.15, 0.2) is 36.4 Å². The van der Waals surface area contributed by atoms with E-state index in [4.69, 9.17) is 27.9 Å². The van der Waals surface area contributed by atoms with Gasteiger partial charge in [-0.05, 0) is 49.2 Å². The molecule has 9 heteroatoms. The van der Waals surface area contributed by atoms with Crippen LogP contribution < -0.4 is 14.4 Å². The summed E-state index contributed by atoms with van der Waals surface area (Å²) < 4.78 is 31.3. The fourth-order valence-electron chi connectivity index (χ4n) is 2.82. The number of nitrogens with zero attached hydrogens (tertiary/aromatic N) is 1. The van der Waals surface area contributed by atoms with Crippen molar-refractivity contribution in [1.82, 2.24) is 0 Å². The van der Waals surface area contributed by atoms with Crippen LogP contribution in [0.2, 0.25) is 10.0 Å². The number of nitrogens with one attached hydrogen (secondary N) is 1. The Kier molecular flexibility index (Phi) is 7.20. The van der Waals surface area contributed by atoms with E-state index in [1.165, 1.54) is 25.3 Å². The maximum Gasteiger partial charge on any atom is 0.248 e. The van der Waals surface area contributed by atoms with E-state index in [2.05, 4.69) is 5.32 Å². The van der Waals surface area contributed by atoms with Crippen LogP contribution >= 0.6 is 23.2 Å². The van der Waals surface area contributed by atoms with E-state index in [0.29, 0.717) is 16.5 Å². The SMILES string of the molecule is CC[C@@H](C(=O)Nc1cc(C)ccc1OC)N(c1ccc(Cl)c(Cl)c1)S(C)(=O)=O. The highest BCUT2D eigenvalue weighted by atomic mass is 35.5. The number of carbonyl (C=O) groups excluding carboxylic acids is 1. The fraction of sp³-hybridized carbons (Fsp3) is 0.316. The predicted molar refractivity (Wildman–Crippen MR) is 114 cm³/mol. The summed E-state index contributed by atoms with van der Waals surface area (Å²) in [5.41, 5.74) is 1.65. The third-order valence-electron chi connectivity index (χ3n) is 4.10. The van der Waals surface area contributed by atoms with Crippen molar-refractivity contribution in [2.45, 2.75) is 26.3 Å². The number of hydrogen-bond donors (Lipinski definition) is 1. The lowest BCUT2D eigenvalue weighted by molar-refractivity contribution is -0.117. The molecule has 1 amide bonds. The minimum atomic E-state index is -3.78. The molecule has 0 aliphatic carbocycles. The van der Waals surface area contributed by atoms with Crippen LogP contribution in [0.25, 0.3) is 0 Å². The Morgan fingerprint density at radius 2 is 1.86 bits per heavy atom. The van der Waals surface area contributed by atoms with Gasteiger partial charge in [-0.1, -0.05) is 36.2 Å². The molecular weight excluding hydrogens is 423 g/mol. The topological polar surface area (TPSA) is 75.7 Å². The summed E-state index contributed by atoms with van der Waals surface area (Å²) in [6.45, 7) is 3.61. The number of amides is 1. The number of ether oxygens (including phenoxy) is 1. The van der Waals surface area contributed by atoms with Gasteiger partial charge in [0.15, 0.2) is 0 Å². The highest BCUT2D eigenvalue weighted by Gasteiger charge is 2.32. The number of halogens is 2. The van der Waals surface area contributed by atoms with Crippen molar-refractivity contribution in [2.75, 3.05) is 23.0 Å². The second-order valence-electron chi connectivity index (χ2n) is 6.27. The maximum absolute atomic E-state index is 13.0.